The van der Waals surface area contributed by atoms with E-state index in [0.29, 0.717) is 5.41 Å². The summed E-state index contributed by atoms with van der Waals surface area (Å²) in [4.78, 5) is 5.27. The van der Waals surface area contributed by atoms with Crippen LogP contribution in [0.2, 0.25) is 0 Å². The number of piperidine rings is 1. The predicted octanol–water partition coefficient (Wildman–Crippen LogP) is 1.65. The molecule has 2 fully saturated rings. The van der Waals surface area contributed by atoms with Crippen molar-refractivity contribution in [2.45, 2.75) is 33.6 Å². The molecule has 2 aliphatic heterocycles. The van der Waals surface area contributed by atoms with Gasteiger partial charge < -0.3 is 10.2 Å². The van der Waals surface area contributed by atoms with Gasteiger partial charge in [0.25, 0.3) is 0 Å². The van der Waals surface area contributed by atoms with Gasteiger partial charge in [-0.25, -0.2) is 0 Å². The van der Waals surface area contributed by atoms with Crippen LogP contribution in [0.3, 0.4) is 0 Å². The Bertz CT molecular complexity index is 233. The van der Waals surface area contributed by atoms with Gasteiger partial charge in [0.2, 0.25) is 0 Å². The second-order valence-corrected chi connectivity index (χ2v) is 7.07. The number of rotatable bonds is 3. The average molecular weight is 253 g/mol. The van der Waals surface area contributed by atoms with Crippen LogP contribution in [0, 0.1) is 11.3 Å². The molecule has 0 unspecified atom stereocenters. The zero-order chi connectivity index (χ0) is 13.0. The van der Waals surface area contributed by atoms with Gasteiger partial charge in [0.1, 0.15) is 0 Å². The van der Waals surface area contributed by atoms with Crippen molar-refractivity contribution >= 4 is 0 Å². The molecule has 2 rings (SSSR count). The summed E-state index contributed by atoms with van der Waals surface area (Å²) in [5, 5.41) is 3.42. The van der Waals surface area contributed by atoms with Gasteiger partial charge in [-0.3, -0.25) is 4.90 Å². The van der Waals surface area contributed by atoms with Gasteiger partial charge in [-0.1, -0.05) is 20.8 Å². The first-order valence-corrected chi connectivity index (χ1v) is 7.71. The third kappa shape index (κ3) is 4.22. The number of piperazine rings is 1. The first-order valence-electron chi connectivity index (χ1n) is 7.71. The maximum atomic E-state index is 3.42. The van der Waals surface area contributed by atoms with Gasteiger partial charge in [-0.15, -0.1) is 0 Å². The van der Waals surface area contributed by atoms with Crippen LogP contribution >= 0.6 is 0 Å². The van der Waals surface area contributed by atoms with Crippen LogP contribution in [-0.2, 0) is 0 Å². The Morgan fingerprint density at radius 3 is 1.89 bits per heavy atom. The van der Waals surface area contributed by atoms with Crippen LogP contribution < -0.4 is 5.32 Å². The smallest absolute Gasteiger partial charge is 0.0110 e. The van der Waals surface area contributed by atoms with E-state index in [9.17, 15) is 0 Å². The van der Waals surface area contributed by atoms with Crippen LogP contribution in [0.1, 0.15) is 33.6 Å². The van der Waals surface area contributed by atoms with E-state index in [1.54, 1.807) is 0 Å². The van der Waals surface area contributed by atoms with Crippen molar-refractivity contribution in [1.82, 2.24) is 15.1 Å². The van der Waals surface area contributed by atoms with Crippen molar-refractivity contribution in [3.8, 4) is 0 Å². The second-order valence-electron chi connectivity index (χ2n) is 7.07. The molecule has 0 bridgehead atoms. The quantitative estimate of drug-likeness (QED) is 0.825. The number of nitrogens with zero attached hydrogens (tertiary/aromatic N) is 2. The number of likely N-dealkylation sites (tertiary alicyclic amines) is 1. The summed E-state index contributed by atoms with van der Waals surface area (Å²) in [6.07, 6.45) is 2.79. The summed E-state index contributed by atoms with van der Waals surface area (Å²) < 4.78 is 0. The number of hydrogen-bond acceptors (Lipinski definition) is 3. The van der Waals surface area contributed by atoms with Crippen LogP contribution in [-0.4, -0.2) is 62.2 Å². The van der Waals surface area contributed by atoms with Gasteiger partial charge in [0, 0.05) is 39.3 Å². The fraction of sp³-hybridized carbons (Fsp3) is 1.00. The Hall–Kier alpha value is -0.120. The molecular weight excluding hydrogens is 222 g/mol. The van der Waals surface area contributed by atoms with Crippen LogP contribution in [0.5, 0.6) is 0 Å². The molecule has 3 nitrogen and oxygen atoms in total. The summed E-state index contributed by atoms with van der Waals surface area (Å²) in [5.41, 5.74) is 0.505. The standard InChI is InChI=1S/C15H31N3/c1-15(2,3)14-4-8-17(9-5-14)12-13-18-10-6-16-7-11-18/h14,16H,4-13H2,1-3H3. The van der Waals surface area contributed by atoms with Gasteiger partial charge in [0.05, 0.1) is 0 Å². The van der Waals surface area contributed by atoms with E-state index in [4.69, 9.17) is 0 Å². The average Bonchev–Trinajstić information content (AvgIpc) is 2.37. The second kappa shape index (κ2) is 6.36. The minimum atomic E-state index is 0.505. The van der Waals surface area contributed by atoms with Crippen molar-refractivity contribution in [1.29, 1.82) is 0 Å². The van der Waals surface area contributed by atoms with Crippen molar-refractivity contribution in [3.05, 3.63) is 0 Å². The predicted molar refractivity (Wildman–Crippen MR) is 77.9 cm³/mol. The highest BCUT2D eigenvalue weighted by Crippen LogP contribution is 2.34. The summed E-state index contributed by atoms with van der Waals surface area (Å²) >= 11 is 0. The van der Waals surface area contributed by atoms with E-state index in [-0.39, 0.29) is 0 Å². The molecule has 0 aliphatic carbocycles. The molecule has 0 aromatic heterocycles. The molecule has 0 aromatic carbocycles. The van der Waals surface area contributed by atoms with Gasteiger partial charge in [0.15, 0.2) is 0 Å². The van der Waals surface area contributed by atoms with E-state index >= 15 is 0 Å². The Labute approximate surface area is 113 Å². The SMILES string of the molecule is CC(C)(C)C1CCN(CCN2CCNCC2)CC1. The molecule has 106 valence electrons. The highest BCUT2D eigenvalue weighted by Gasteiger charge is 2.28. The molecule has 1 N–H and O–H groups in total. The Morgan fingerprint density at radius 2 is 1.39 bits per heavy atom. The minimum Gasteiger partial charge on any atom is -0.314 e. The number of hydrogen-bond donors (Lipinski definition) is 1. The molecule has 0 saturated carbocycles. The first kappa shape index (κ1) is 14.3. The topological polar surface area (TPSA) is 18.5 Å². The lowest BCUT2D eigenvalue weighted by molar-refractivity contribution is 0.100. The Morgan fingerprint density at radius 1 is 0.889 bits per heavy atom. The van der Waals surface area contributed by atoms with E-state index in [1.807, 2.05) is 0 Å². The molecule has 2 aliphatic rings. The fourth-order valence-electron chi connectivity index (χ4n) is 3.24. The molecule has 0 radical (unpaired) electrons. The summed E-state index contributed by atoms with van der Waals surface area (Å²) in [6.45, 7) is 17.2. The van der Waals surface area contributed by atoms with E-state index in [0.717, 1.165) is 5.92 Å². The van der Waals surface area contributed by atoms with Crippen LogP contribution in [0.25, 0.3) is 0 Å². The van der Waals surface area contributed by atoms with Crippen molar-refractivity contribution in [2.24, 2.45) is 11.3 Å². The molecule has 2 heterocycles. The van der Waals surface area contributed by atoms with Crippen molar-refractivity contribution < 1.29 is 0 Å². The molecule has 18 heavy (non-hydrogen) atoms. The minimum absolute atomic E-state index is 0.505. The maximum Gasteiger partial charge on any atom is 0.0110 e. The largest absolute Gasteiger partial charge is 0.314 e. The zero-order valence-corrected chi connectivity index (χ0v) is 12.5. The van der Waals surface area contributed by atoms with Crippen molar-refractivity contribution in [3.63, 3.8) is 0 Å². The van der Waals surface area contributed by atoms with Crippen molar-refractivity contribution in [2.75, 3.05) is 52.4 Å². The molecule has 0 aromatic rings. The molecule has 0 spiro atoms. The molecular formula is C15H31N3. The Balaban J connectivity index is 1.64. The highest BCUT2D eigenvalue weighted by molar-refractivity contribution is 4.81. The zero-order valence-electron chi connectivity index (χ0n) is 12.5. The first-order chi connectivity index (χ1) is 8.55. The van der Waals surface area contributed by atoms with E-state index < -0.39 is 0 Å². The fourth-order valence-corrected chi connectivity index (χ4v) is 3.24. The van der Waals surface area contributed by atoms with Crippen LogP contribution in [0.4, 0.5) is 0 Å². The third-order valence-electron chi connectivity index (χ3n) is 4.75. The monoisotopic (exact) mass is 253 g/mol. The summed E-state index contributed by atoms with van der Waals surface area (Å²) in [5.74, 6) is 0.924. The molecule has 0 atom stereocenters. The van der Waals surface area contributed by atoms with Gasteiger partial charge in [-0.05, 0) is 37.3 Å². The molecule has 0 amide bonds. The molecule has 3 heteroatoms. The Kier molecular flexibility index (Phi) is 5.05. The van der Waals surface area contributed by atoms with Crippen LogP contribution in [0.15, 0.2) is 0 Å². The van der Waals surface area contributed by atoms with E-state index in [1.165, 1.54) is 65.2 Å². The maximum absolute atomic E-state index is 3.42. The van der Waals surface area contributed by atoms with Gasteiger partial charge >= 0.3 is 0 Å². The summed E-state index contributed by atoms with van der Waals surface area (Å²) in [6, 6.07) is 0. The molecule has 2 saturated heterocycles. The van der Waals surface area contributed by atoms with Gasteiger partial charge in [-0.2, -0.15) is 0 Å². The third-order valence-corrected chi connectivity index (χ3v) is 4.75. The summed E-state index contributed by atoms with van der Waals surface area (Å²) in [7, 11) is 0. The lowest BCUT2D eigenvalue weighted by atomic mass is 9.75. The lowest BCUT2D eigenvalue weighted by Gasteiger charge is -2.39. The van der Waals surface area contributed by atoms with E-state index in [2.05, 4.69) is 35.9 Å². The normalized spacial score (nSPS) is 25.5. The lowest BCUT2D eigenvalue weighted by Crippen LogP contribution is -2.47. The number of nitrogens with one attached hydrogen (secondary N) is 1. The highest BCUT2D eigenvalue weighted by atomic mass is 15.2.